The largest absolute Gasteiger partial charge is 0.479 e. The van der Waals surface area contributed by atoms with Gasteiger partial charge in [-0.2, -0.15) is 13.2 Å². The maximum absolute atomic E-state index is 13.9. The van der Waals surface area contributed by atoms with E-state index in [-0.39, 0.29) is 23.5 Å². The SMILES string of the molecule is COc1n[nH]c2ncc(C#Cc3ccnc(NC(=O)c4ccc(CN5CCN(C)CC5)c(C(F)(F)F)c4)c3)cc12. The maximum atomic E-state index is 13.9. The van der Waals surface area contributed by atoms with Gasteiger partial charge in [-0.05, 0) is 42.9 Å². The lowest BCUT2D eigenvalue weighted by molar-refractivity contribution is -0.138. The first-order valence-electron chi connectivity index (χ1n) is 12.5. The summed E-state index contributed by atoms with van der Waals surface area (Å²) in [6.07, 6.45) is -1.55. The van der Waals surface area contributed by atoms with Crippen LogP contribution in [0.4, 0.5) is 19.0 Å². The molecule has 0 radical (unpaired) electrons. The van der Waals surface area contributed by atoms with Crippen LogP contribution in [0.25, 0.3) is 11.0 Å². The number of hydrogen-bond donors (Lipinski definition) is 2. The van der Waals surface area contributed by atoms with Crippen LogP contribution in [-0.4, -0.2) is 76.2 Å². The standard InChI is InChI=1S/C28H26F3N7O2/c1-37-9-11-38(12-10-37)17-21-6-5-20(15-23(21)28(29,30)31)26(39)34-24-14-18(7-8-32-24)3-4-19-13-22-25(33-16-19)35-36-27(22)40-2/h5-8,13-16H,9-12,17H2,1-2H3,(H,32,34,39)(H,33,35,36). The quantitative estimate of drug-likeness (QED) is 0.366. The van der Waals surface area contributed by atoms with Crippen LogP contribution in [0.2, 0.25) is 0 Å². The summed E-state index contributed by atoms with van der Waals surface area (Å²) in [5.74, 6) is 5.84. The van der Waals surface area contributed by atoms with Crippen molar-refractivity contribution in [2.24, 2.45) is 0 Å². The van der Waals surface area contributed by atoms with Gasteiger partial charge in [0.2, 0.25) is 5.88 Å². The molecular formula is C28H26F3N7O2. The molecule has 2 N–H and O–H groups in total. The number of pyridine rings is 2. The third-order valence-corrected chi connectivity index (χ3v) is 6.59. The van der Waals surface area contributed by atoms with Gasteiger partial charge in [0.1, 0.15) is 5.82 Å². The highest BCUT2D eigenvalue weighted by atomic mass is 19.4. The number of fused-ring (bicyclic) bond motifs is 1. The normalized spacial score (nSPS) is 14.5. The van der Waals surface area contributed by atoms with Gasteiger partial charge in [-0.3, -0.25) is 14.8 Å². The Morgan fingerprint density at radius 2 is 1.85 bits per heavy atom. The summed E-state index contributed by atoms with van der Waals surface area (Å²) in [5.41, 5.74) is 0.948. The number of hydrogen-bond acceptors (Lipinski definition) is 7. The number of nitrogens with one attached hydrogen (secondary N) is 2. The van der Waals surface area contributed by atoms with Crippen molar-refractivity contribution in [3.63, 3.8) is 0 Å². The molecule has 40 heavy (non-hydrogen) atoms. The van der Waals surface area contributed by atoms with E-state index in [0.717, 1.165) is 19.2 Å². The van der Waals surface area contributed by atoms with Crippen LogP contribution in [0.15, 0.2) is 48.8 Å². The lowest BCUT2D eigenvalue weighted by Crippen LogP contribution is -2.44. The minimum absolute atomic E-state index is 0.110. The second-order valence-electron chi connectivity index (χ2n) is 9.44. The number of H-pyrrole nitrogens is 1. The first kappa shape index (κ1) is 27.1. The Morgan fingerprint density at radius 1 is 1.07 bits per heavy atom. The number of carbonyl (C=O) groups excluding carboxylic acids is 1. The molecule has 9 nitrogen and oxygen atoms in total. The van der Waals surface area contributed by atoms with Crippen LogP contribution in [0, 0.1) is 11.8 Å². The second-order valence-corrected chi connectivity index (χ2v) is 9.44. The number of piperazine rings is 1. The molecule has 1 amide bonds. The average Bonchev–Trinajstić information content (AvgIpc) is 3.35. The highest BCUT2D eigenvalue weighted by molar-refractivity contribution is 6.04. The number of aromatic amines is 1. The molecule has 1 aromatic carbocycles. The van der Waals surface area contributed by atoms with E-state index in [1.54, 1.807) is 24.4 Å². The Hall–Kier alpha value is -4.47. The van der Waals surface area contributed by atoms with Crippen molar-refractivity contribution < 1.29 is 22.7 Å². The van der Waals surface area contributed by atoms with Gasteiger partial charge in [-0.15, -0.1) is 5.10 Å². The fourth-order valence-corrected chi connectivity index (χ4v) is 4.38. The van der Waals surface area contributed by atoms with Crippen molar-refractivity contribution in [2.45, 2.75) is 12.7 Å². The predicted octanol–water partition coefficient (Wildman–Crippen LogP) is 3.78. The van der Waals surface area contributed by atoms with Gasteiger partial charge in [-0.25, -0.2) is 9.97 Å². The molecule has 0 aliphatic carbocycles. The van der Waals surface area contributed by atoms with E-state index >= 15 is 0 Å². The van der Waals surface area contributed by atoms with E-state index in [1.165, 1.54) is 25.4 Å². The van der Waals surface area contributed by atoms with Crippen LogP contribution in [-0.2, 0) is 12.7 Å². The Labute approximate surface area is 228 Å². The third-order valence-electron chi connectivity index (χ3n) is 6.59. The summed E-state index contributed by atoms with van der Waals surface area (Å²) in [6, 6.07) is 8.67. The summed E-state index contributed by atoms with van der Waals surface area (Å²) in [4.78, 5) is 25.4. The van der Waals surface area contributed by atoms with Crippen molar-refractivity contribution in [3.8, 4) is 17.7 Å². The molecule has 3 aromatic heterocycles. The van der Waals surface area contributed by atoms with Crippen LogP contribution >= 0.6 is 0 Å². The molecule has 4 aromatic rings. The van der Waals surface area contributed by atoms with Crippen molar-refractivity contribution in [1.29, 1.82) is 0 Å². The number of benzene rings is 1. The number of anilines is 1. The minimum Gasteiger partial charge on any atom is -0.479 e. The number of amides is 1. The Kier molecular flexibility index (Phi) is 7.68. The number of likely N-dealkylation sites (N-methyl/N-ethyl adjacent to an activating group) is 1. The predicted molar refractivity (Wildman–Crippen MR) is 143 cm³/mol. The Bertz CT molecular complexity index is 1600. The summed E-state index contributed by atoms with van der Waals surface area (Å²) in [6.45, 7) is 3.13. The van der Waals surface area contributed by atoms with E-state index in [4.69, 9.17) is 4.74 Å². The monoisotopic (exact) mass is 549 g/mol. The zero-order chi connectivity index (χ0) is 28.3. The van der Waals surface area contributed by atoms with Crippen molar-refractivity contribution in [3.05, 3.63) is 76.6 Å². The van der Waals surface area contributed by atoms with Gasteiger partial charge < -0.3 is 15.0 Å². The highest BCUT2D eigenvalue weighted by Crippen LogP contribution is 2.33. The zero-order valence-corrected chi connectivity index (χ0v) is 21.8. The molecule has 0 bridgehead atoms. The van der Waals surface area contributed by atoms with Gasteiger partial charge in [-0.1, -0.05) is 17.9 Å². The van der Waals surface area contributed by atoms with Crippen LogP contribution in [0.3, 0.4) is 0 Å². The van der Waals surface area contributed by atoms with Crippen molar-refractivity contribution >= 4 is 22.8 Å². The molecule has 0 atom stereocenters. The second kappa shape index (κ2) is 11.3. The molecule has 206 valence electrons. The van der Waals surface area contributed by atoms with Gasteiger partial charge in [0.25, 0.3) is 5.91 Å². The van der Waals surface area contributed by atoms with E-state index in [9.17, 15) is 18.0 Å². The Morgan fingerprint density at radius 3 is 2.60 bits per heavy atom. The number of ether oxygens (including phenoxy) is 1. The number of alkyl halides is 3. The number of halogens is 3. The topological polar surface area (TPSA) is 99.3 Å². The molecule has 0 spiro atoms. The number of carbonyl (C=O) groups is 1. The maximum Gasteiger partial charge on any atom is 0.416 e. The summed E-state index contributed by atoms with van der Waals surface area (Å²) in [5, 5.41) is 10.0. The van der Waals surface area contributed by atoms with E-state index < -0.39 is 17.6 Å². The van der Waals surface area contributed by atoms with Gasteiger partial charge in [0.15, 0.2) is 5.65 Å². The first-order chi connectivity index (χ1) is 19.2. The summed E-state index contributed by atoms with van der Waals surface area (Å²) < 4.78 is 47.0. The van der Waals surface area contributed by atoms with Crippen molar-refractivity contribution in [1.82, 2.24) is 30.0 Å². The van der Waals surface area contributed by atoms with Crippen LogP contribution in [0.5, 0.6) is 5.88 Å². The number of methoxy groups -OCH3 is 1. The van der Waals surface area contributed by atoms with Crippen molar-refractivity contribution in [2.75, 3.05) is 45.7 Å². The molecule has 12 heteroatoms. The van der Waals surface area contributed by atoms with E-state index in [2.05, 4.69) is 42.2 Å². The van der Waals surface area contributed by atoms with Gasteiger partial charge >= 0.3 is 6.18 Å². The molecular weight excluding hydrogens is 523 g/mol. The summed E-state index contributed by atoms with van der Waals surface area (Å²) >= 11 is 0. The first-order valence-corrected chi connectivity index (χ1v) is 12.5. The van der Waals surface area contributed by atoms with Crippen LogP contribution < -0.4 is 10.1 Å². The lowest BCUT2D eigenvalue weighted by Gasteiger charge is -2.33. The molecule has 0 saturated carbocycles. The fourth-order valence-electron chi connectivity index (χ4n) is 4.38. The summed E-state index contributed by atoms with van der Waals surface area (Å²) in [7, 11) is 3.49. The minimum atomic E-state index is -4.59. The molecule has 1 aliphatic heterocycles. The molecule has 0 unspecified atom stereocenters. The van der Waals surface area contributed by atoms with Crippen LogP contribution in [0.1, 0.15) is 32.6 Å². The average molecular weight is 550 g/mol. The molecule has 1 fully saturated rings. The highest BCUT2D eigenvalue weighted by Gasteiger charge is 2.34. The Balaban J connectivity index is 1.31. The third kappa shape index (κ3) is 6.22. The molecule has 1 aliphatic rings. The molecule has 1 saturated heterocycles. The zero-order valence-electron chi connectivity index (χ0n) is 21.8. The number of nitrogens with zero attached hydrogens (tertiary/aromatic N) is 5. The number of rotatable bonds is 5. The van der Waals surface area contributed by atoms with Gasteiger partial charge in [0.05, 0.1) is 18.1 Å². The fraction of sp³-hybridized carbons (Fsp3) is 0.286. The molecule has 4 heterocycles. The number of aromatic nitrogens is 4. The molecule has 5 rings (SSSR count). The van der Waals surface area contributed by atoms with E-state index in [1.807, 2.05) is 11.9 Å². The lowest BCUT2D eigenvalue weighted by atomic mass is 10.0. The van der Waals surface area contributed by atoms with Gasteiger partial charge in [0, 0.05) is 61.8 Å². The van der Waals surface area contributed by atoms with E-state index in [0.29, 0.717) is 41.1 Å². The smallest absolute Gasteiger partial charge is 0.416 e.